The van der Waals surface area contributed by atoms with E-state index in [1.165, 1.54) is 11.8 Å². The molecule has 2 rings (SSSR count). The van der Waals surface area contributed by atoms with Crippen molar-refractivity contribution in [2.24, 2.45) is 0 Å². The minimum atomic E-state index is -0.0623. The molecule has 1 atom stereocenters. The summed E-state index contributed by atoms with van der Waals surface area (Å²) < 4.78 is 2.09. The minimum absolute atomic E-state index is 0.0623. The van der Waals surface area contributed by atoms with Crippen LogP contribution in [0.15, 0.2) is 52.1 Å². The van der Waals surface area contributed by atoms with E-state index in [0.717, 1.165) is 0 Å². The summed E-state index contributed by atoms with van der Waals surface area (Å²) in [4.78, 5) is 15.9. The lowest BCUT2D eigenvalue weighted by Crippen LogP contribution is -2.24. The smallest absolute Gasteiger partial charge is 0.267 e. The zero-order valence-corrected chi connectivity index (χ0v) is 12.1. The first-order valence-corrected chi connectivity index (χ1v) is 7.00. The number of thiol groups is 1. The Labute approximate surface area is 119 Å². The third-order valence-corrected chi connectivity index (χ3v) is 3.75. The van der Waals surface area contributed by atoms with Crippen molar-refractivity contribution in [3.63, 3.8) is 0 Å². The van der Waals surface area contributed by atoms with Crippen molar-refractivity contribution in [1.82, 2.24) is 9.55 Å². The second kappa shape index (κ2) is 6.20. The predicted molar refractivity (Wildman–Crippen MR) is 79.2 cm³/mol. The summed E-state index contributed by atoms with van der Waals surface area (Å²) in [6.45, 7) is 0.582. The van der Waals surface area contributed by atoms with Gasteiger partial charge in [-0.2, -0.15) is 12.6 Å². The summed E-state index contributed by atoms with van der Waals surface area (Å²) in [5, 5.41) is 0. The van der Waals surface area contributed by atoms with E-state index in [2.05, 4.69) is 45.7 Å². The largest absolute Gasteiger partial charge is 0.298 e. The maximum Gasteiger partial charge on any atom is 0.267 e. The fourth-order valence-corrected chi connectivity index (χ4v) is 2.46. The average Bonchev–Trinajstić information content (AvgIpc) is 2.41. The third-order valence-electron chi connectivity index (χ3n) is 2.77. The molecule has 18 heavy (non-hydrogen) atoms. The van der Waals surface area contributed by atoms with Crippen LogP contribution >= 0.6 is 28.6 Å². The molecule has 5 heteroatoms. The fraction of sp³-hybridized carbons (Fsp3) is 0.231. The molecule has 0 fully saturated rings. The molecule has 0 N–H and O–H groups in total. The Kier molecular flexibility index (Phi) is 4.60. The monoisotopic (exact) mass is 324 g/mol. The van der Waals surface area contributed by atoms with Crippen LogP contribution < -0.4 is 5.56 Å². The quantitative estimate of drug-likeness (QED) is 0.877. The maximum absolute atomic E-state index is 11.9. The second-order valence-corrected chi connectivity index (χ2v) is 5.21. The molecule has 0 saturated carbocycles. The number of hydrogen-bond acceptors (Lipinski definition) is 3. The highest BCUT2D eigenvalue weighted by atomic mass is 79.9. The fourth-order valence-electron chi connectivity index (χ4n) is 1.79. The summed E-state index contributed by atoms with van der Waals surface area (Å²) in [5.41, 5.74) is 1.12. The van der Waals surface area contributed by atoms with Gasteiger partial charge in [0.25, 0.3) is 5.56 Å². The number of nitrogens with zero attached hydrogens (tertiary/aromatic N) is 2. The highest BCUT2D eigenvalue weighted by Gasteiger charge is 2.12. The maximum atomic E-state index is 11.9. The first kappa shape index (κ1) is 13.4. The van der Waals surface area contributed by atoms with Crippen molar-refractivity contribution in [2.75, 3.05) is 5.75 Å². The molecule has 0 aliphatic rings. The molecule has 0 amide bonds. The van der Waals surface area contributed by atoms with Gasteiger partial charge < -0.3 is 0 Å². The molecule has 1 unspecified atom stereocenters. The molecule has 2 aromatic rings. The molecule has 1 aromatic heterocycles. The van der Waals surface area contributed by atoms with Gasteiger partial charge in [-0.15, -0.1) is 0 Å². The topological polar surface area (TPSA) is 34.9 Å². The molecule has 1 heterocycles. The molecule has 0 bridgehead atoms. The second-order valence-electron chi connectivity index (χ2n) is 3.99. The summed E-state index contributed by atoms with van der Waals surface area (Å²) in [6, 6.07) is 10.1. The van der Waals surface area contributed by atoms with Crippen molar-refractivity contribution in [1.29, 1.82) is 0 Å². The summed E-state index contributed by atoms with van der Waals surface area (Å²) in [7, 11) is 0. The van der Waals surface area contributed by atoms with E-state index < -0.39 is 0 Å². The van der Waals surface area contributed by atoms with Crippen LogP contribution in [0.4, 0.5) is 0 Å². The van der Waals surface area contributed by atoms with Crippen molar-refractivity contribution in [3.05, 3.63) is 63.2 Å². The minimum Gasteiger partial charge on any atom is -0.298 e. The van der Waals surface area contributed by atoms with Crippen molar-refractivity contribution < 1.29 is 0 Å². The van der Waals surface area contributed by atoms with E-state index in [1.807, 2.05) is 18.2 Å². The molecule has 3 nitrogen and oxygen atoms in total. The van der Waals surface area contributed by atoms with E-state index in [0.29, 0.717) is 16.8 Å². The van der Waals surface area contributed by atoms with Gasteiger partial charge in [0.1, 0.15) is 4.47 Å². The van der Waals surface area contributed by atoms with Gasteiger partial charge >= 0.3 is 0 Å². The van der Waals surface area contributed by atoms with Gasteiger partial charge in [-0.25, -0.2) is 4.98 Å². The lowest BCUT2D eigenvalue weighted by Gasteiger charge is -2.16. The molecule has 1 aromatic carbocycles. The number of halogens is 1. The third kappa shape index (κ3) is 3.03. The normalized spacial score (nSPS) is 12.3. The predicted octanol–water partition coefficient (Wildman–Crippen LogP) is 2.72. The van der Waals surface area contributed by atoms with Gasteiger partial charge in [-0.05, 0) is 27.2 Å². The summed E-state index contributed by atoms with van der Waals surface area (Å²) in [6.07, 6.45) is 3.07. The van der Waals surface area contributed by atoms with E-state index in [4.69, 9.17) is 0 Å². The Morgan fingerprint density at radius 2 is 2.06 bits per heavy atom. The molecule has 0 spiro atoms. The van der Waals surface area contributed by atoms with E-state index in [1.54, 1.807) is 10.9 Å². The van der Waals surface area contributed by atoms with Crippen LogP contribution in [0.2, 0.25) is 0 Å². The van der Waals surface area contributed by atoms with E-state index >= 15 is 0 Å². The van der Waals surface area contributed by atoms with Crippen molar-refractivity contribution in [3.8, 4) is 0 Å². The Morgan fingerprint density at radius 1 is 1.33 bits per heavy atom. The number of aromatic nitrogens is 2. The van der Waals surface area contributed by atoms with Crippen molar-refractivity contribution >= 4 is 28.6 Å². The molecule has 94 valence electrons. The highest BCUT2D eigenvalue weighted by molar-refractivity contribution is 9.10. The van der Waals surface area contributed by atoms with Gasteiger partial charge in [0.05, 0.1) is 6.33 Å². The molecular formula is C13H13BrN2OS. The average molecular weight is 325 g/mol. The lowest BCUT2D eigenvalue weighted by atomic mass is 10.0. The molecule has 0 aliphatic heterocycles. The number of benzene rings is 1. The van der Waals surface area contributed by atoms with E-state index in [-0.39, 0.29) is 11.5 Å². The van der Waals surface area contributed by atoms with Gasteiger partial charge in [0, 0.05) is 18.7 Å². The van der Waals surface area contributed by atoms with Crippen LogP contribution in [0.5, 0.6) is 0 Å². The summed E-state index contributed by atoms with van der Waals surface area (Å²) >= 11 is 7.57. The van der Waals surface area contributed by atoms with Crippen LogP contribution in [-0.4, -0.2) is 15.3 Å². The Bertz CT molecular complexity index is 571. The van der Waals surface area contributed by atoms with Crippen LogP contribution in [0.3, 0.4) is 0 Å². The van der Waals surface area contributed by atoms with Gasteiger partial charge in [-0.1, -0.05) is 30.3 Å². The molecule has 0 saturated heterocycles. The van der Waals surface area contributed by atoms with Crippen LogP contribution in [0.25, 0.3) is 0 Å². The summed E-state index contributed by atoms with van der Waals surface area (Å²) in [5.74, 6) is 0.881. The van der Waals surface area contributed by atoms with Crippen LogP contribution in [0, 0.1) is 0 Å². The van der Waals surface area contributed by atoms with Gasteiger partial charge in [0.2, 0.25) is 0 Å². The molecule has 0 radical (unpaired) electrons. The first-order valence-electron chi connectivity index (χ1n) is 5.58. The molecule has 0 aliphatic carbocycles. The Morgan fingerprint density at radius 3 is 2.72 bits per heavy atom. The standard InChI is InChI=1S/C13H13BrN2OS/c14-12-6-15-9-16(13(12)17)7-11(8-18)10-4-2-1-3-5-10/h1-6,9,11,18H,7-8H2. The Hall–Kier alpha value is -1.07. The highest BCUT2D eigenvalue weighted by Crippen LogP contribution is 2.18. The SMILES string of the molecule is O=c1c(Br)cncn1CC(CS)c1ccccc1. The lowest BCUT2D eigenvalue weighted by molar-refractivity contribution is 0.576. The van der Waals surface area contributed by atoms with Crippen molar-refractivity contribution in [2.45, 2.75) is 12.5 Å². The molecular weight excluding hydrogens is 312 g/mol. The van der Waals surface area contributed by atoms with Crippen LogP contribution in [-0.2, 0) is 6.54 Å². The number of rotatable bonds is 4. The van der Waals surface area contributed by atoms with Gasteiger partial charge in [0.15, 0.2) is 0 Å². The van der Waals surface area contributed by atoms with Crippen LogP contribution in [0.1, 0.15) is 11.5 Å². The number of hydrogen-bond donors (Lipinski definition) is 1. The first-order chi connectivity index (χ1) is 8.72. The zero-order valence-electron chi connectivity index (χ0n) is 9.66. The van der Waals surface area contributed by atoms with E-state index in [9.17, 15) is 4.79 Å². The Balaban J connectivity index is 2.27. The van der Waals surface area contributed by atoms with Gasteiger partial charge in [-0.3, -0.25) is 9.36 Å². The zero-order chi connectivity index (χ0) is 13.0.